The van der Waals surface area contributed by atoms with Crippen molar-refractivity contribution < 1.29 is 4.79 Å². The first kappa shape index (κ1) is 12.2. The number of amides is 1. The van der Waals surface area contributed by atoms with Gasteiger partial charge in [-0.2, -0.15) is 0 Å². The number of hydrogen-bond donors (Lipinski definition) is 2. The van der Waals surface area contributed by atoms with Gasteiger partial charge in [-0.15, -0.1) is 11.3 Å². The van der Waals surface area contributed by atoms with Gasteiger partial charge in [0.15, 0.2) is 0 Å². The smallest absolute Gasteiger partial charge is 0.225 e. The Balaban J connectivity index is 1.55. The molecule has 1 saturated heterocycles. The first-order valence-electron chi connectivity index (χ1n) is 6.85. The summed E-state index contributed by atoms with van der Waals surface area (Å²) in [6, 6.07) is 2.60. The number of carbonyl (C=O) groups is 1. The number of rotatable bonds is 3. The summed E-state index contributed by atoms with van der Waals surface area (Å²) in [5, 5.41) is 6.41. The number of aryl methyl sites for hydroxylation is 2. The van der Waals surface area contributed by atoms with Crippen LogP contribution in [0, 0.1) is 5.92 Å². The highest BCUT2D eigenvalue weighted by Crippen LogP contribution is 2.30. The lowest BCUT2D eigenvalue weighted by molar-refractivity contribution is -0.125. The molecule has 2 N–H and O–H groups in total. The molecule has 3 rings (SSSR count). The molecule has 1 aromatic rings. The summed E-state index contributed by atoms with van der Waals surface area (Å²) in [6.45, 7) is 3.77. The van der Waals surface area contributed by atoms with Crippen molar-refractivity contribution in [2.45, 2.75) is 45.2 Å². The van der Waals surface area contributed by atoms with Crippen molar-refractivity contribution in [3.63, 3.8) is 0 Å². The average Bonchev–Trinajstić information content (AvgIpc) is 3.00. The molecule has 2 heterocycles. The van der Waals surface area contributed by atoms with Crippen molar-refractivity contribution in [3.05, 3.63) is 21.4 Å². The number of fused-ring (bicyclic) bond motifs is 1. The lowest BCUT2D eigenvalue weighted by atomic mass is 10.0. The Morgan fingerprint density at radius 1 is 1.56 bits per heavy atom. The highest BCUT2D eigenvalue weighted by Gasteiger charge is 2.29. The van der Waals surface area contributed by atoms with Crippen LogP contribution in [0.25, 0.3) is 0 Å². The molecule has 2 unspecified atom stereocenters. The Morgan fingerprint density at radius 3 is 3.17 bits per heavy atom. The lowest BCUT2D eigenvalue weighted by Gasteiger charge is -2.14. The van der Waals surface area contributed by atoms with Gasteiger partial charge in [0.25, 0.3) is 0 Å². The molecule has 1 aromatic heterocycles. The Labute approximate surface area is 112 Å². The Kier molecular flexibility index (Phi) is 3.39. The molecule has 4 heteroatoms. The van der Waals surface area contributed by atoms with E-state index in [1.807, 2.05) is 11.3 Å². The maximum Gasteiger partial charge on any atom is 0.225 e. The standard InChI is InChI=1S/C14H20N2OS/c1-9-12(5-6-15-9)14(17)16-8-11-7-10-3-2-4-13(10)18-11/h7,9,12,15H,2-6,8H2,1H3,(H,16,17). The normalized spacial score (nSPS) is 26.3. The van der Waals surface area contributed by atoms with Gasteiger partial charge in [-0.3, -0.25) is 4.79 Å². The van der Waals surface area contributed by atoms with Crippen LogP contribution in [0.1, 0.15) is 35.1 Å². The summed E-state index contributed by atoms with van der Waals surface area (Å²) in [6.07, 6.45) is 4.73. The lowest BCUT2D eigenvalue weighted by Crippen LogP contribution is -2.36. The van der Waals surface area contributed by atoms with Crippen LogP contribution < -0.4 is 10.6 Å². The topological polar surface area (TPSA) is 41.1 Å². The zero-order valence-corrected chi connectivity index (χ0v) is 11.6. The predicted molar refractivity (Wildman–Crippen MR) is 73.8 cm³/mol. The minimum atomic E-state index is 0.150. The fraction of sp³-hybridized carbons (Fsp3) is 0.643. The zero-order chi connectivity index (χ0) is 12.5. The largest absolute Gasteiger partial charge is 0.351 e. The maximum absolute atomic E-state index is 12.1. The number of nitrogens with one attached hydrogen (secondary N) is 2. The van der Waals surface area contributed by atoms with Crippen LogP contribution in [0.4, 0.5) is 0 Å². The quantitative estimate of drug-likeness (QED) is 0.875. The summed E-state index contributed by atoms with van der Waals surface area (Å²) < 4.78 is 0. The molecular formula is C14H20N2OS. The van der Waals surface area contributed by atoms with E-state index in [2.05, 4.69) is 23.6 Å². The molecule has 0 aromatic carbocycles. The van der Waals surface area contributed by atoms with Gasteiger partial charge in [-0.1, -0.05) is 0 Å². The maximum atomic E-state index is 12.1. The molecular weight excluding hydrogens is 244 g/mol. The third-order valence-electron chi connectivity index (χ3n) is 4.10. The van der Waals surface area contributed by atoms with Gasteiger partial charge in [0, 0.05) is 15.8 Å². The van der Waals surface area contributed by atoms with E-state index in [4.69, 9.17) is 0 Å². The first-order valence-corrected chi connectivity index (χ1v) is 7.67. The van der Waals surface area contributed by atoms with Gasteiger partial charge in [-0.05, 0) is 50.8 Å². The van der Waals surface area contributed by atoms with E-state index in [-0.39, 0.29) is 11.8 Å². The van der Waals surface area contributed by atoms with Crippen molar-refractivity contribution in [1.29, 1.82) is 0 Å². The Bertz CT molecular complexity index is 433. The summed E-state index contributed by atoms with van der Waals surface area (Å²) in [7, 11) is 0. The average molecular weight is 264 g/mol. The molecule has 0 radical (unpaired) electrons. The van der Waals surface area contributed by atoms with Gasteiger partial charge in [-0.25, -0.2) is 0 Å². The molecule has 0 saturated carbocycles. The number of hydrogen-bond acceptors (Lipinski definition) is 3. The van der Waals surface area contributed by atoms with Gasteiger partial charge in [0.05, 0.1) is 12.5 Å². The first-order chi connectivity index (χ1) is 8.74. The molecule has 1 aliphatic heterocycles. The Morgan fingerprint density at radius 2 is 2.44 bits per heavy atom. The predicted octanol–water partition coefficient (Wildman–Crippen LogP) is 1.85. The molecule has 1 amide bonds. The van der Waals surface area contributed by atoms with Crippen LogP contribution in [0.2, 0.25) is 0 Å². The minimum absolute atomic E-state index is 0.150. The molecule has 0 bridgehead atoms. The summed E-state index contributed by atoms with van der Waals surface area (Å²) in [4.78, 5) is 14.9. The highest BCUT2D eigenvalue weighted by molar-refractivity contribution is 7.12. The van der Waals surface area contributed by atoms with Crippen LogP contribution in [0.5, 0.6) is 0 Å². The van der Waals surface area contributed by atoms with Crippen molar-refractivity contribution >= 4 is 17.2 Å². The van der Waals surface area contributed by atoms with E-state index in [9.17, 15) is 4.79 Å². The minimum Gasteiger partial charge on any atom is -0.351 e. The second-order valence-corrected chi connectivity index (χ2v) is 6.59. The molecule has 3 nitrogen and oxygen atoms in total. The van der Waals surface area contributed by atoms with E-state index in [0.717, 1.165) is 13.0 Å². The highest BCUT2D eigenvalue weighted by atomic mass is 32.1. The molecule has 2 aliphatic rings. The summed E-state index contributed by atoms with van der Waals surface area (Å²) in [5.41, 5.74) is 1.51. The SMILES string of the molecule is CC1NCCC1C(=O)NCc1cc2c(s1)CCC2. The molecule has 1 aliphatic carbocycles. The Hall–Kier alpha value is -0.870. The van der Waals surface area contributed by atoms with Crippen molar-refractivity contribution in [1.82, 2.24) is 10.6 Å². The van der Waals surface area contributed by atoms with E-state index in [1.54, 1.807) is 0 Å². The van der Waals surface area contributed by atoms with E-state index in [1.165, 1.54) is 34.6 Å². The molecule has 0 spiro atoms. The zero-order valence-electron chi connectivity index (χ0n) is 10.8. The van der Waals surface area contributed by atoms with Gasteiger partial charge in [0.2, 0.25) is 5.91 Å². The summed E-state index contributed by atoms with van der Waals surface area (Å²) >= 11 is 1.88. The van der Waals surface area contributed by atoms with E-state index in [0.29, 0.717) is 12.6 Å². The second-order valence-electron chi connectivity index (χ2n) is 5.37. The number of thiophene rings is 1. The molecule has 98 valence electrons. The van der Waals surface area contributed by atoms with Crippen molar-refractivity contribution in [2.75, 3.05) is 6.54 Å². The third-order valence-corrected chi connectivity index (χ3v) is 5.33. The second kappa shape index (κ2) is 5.02. The molecule has 1 fully saturated rings. The molecule has 2 atom stereocenters. The fourth-order valence-corrected chi connectivity index (χ4v) is 4.20. The van der Waals surface area contributed by atoms with Crippen LogP contribution >= 0.6 is 11.3 Å². The van der Waals surface area contributed by atoms with Gasteiger partial charge < -0.3 is 10.6 Å². The van der Waals surface area contributed by atoms with Gasteiger partial charge in [0.1, 0.15) is 0 Å². The van der Waals surface area contributed by atoms with Crippen LogP contribution in [-0.4, -0.2) is 18.5 Å². The third kappa shape index (κ3) is 2.31. The van der Waals surface area contributed by atoms with Crippen LogP contribution in [0.15, 0.2) is 6.07 Å². The van der Waals surface area contributed by atoms with Crippen LogP contribution in [0.3, 0.4) is 0 Å². The monoisotopic (exact) mass is 264 g/mol. The summed E-state index contributed by atoms with van der Waals surface area (Å²) in [5.74, 6) is 0.359. The van der Waals surface area contributed by atoms with Crippen LogP contribution in [-0.2, 0) is 24.2 Å². The number of carbonyl (C=O) groups excluding carboxylic acids is 1. The van der Waals surface area contributed by atoms with E-state index < -0.39 is 0 Å². The van der Waals surface area contributed by atoms with Gasteiger partial charge >= 0.3 is 0 Å². The molecule has 18 heavy (non-hydrogen) atoms. The van der Waals surface area contributed by atoms with Crippen molar-refractivity contribution in [2.24, 2.45) is 5.92 Å². The van der Waals surface area contributed by atoms with E-state index >= 15 is 0 Å². The van der Waals surface area contributed by atoms with Crippen molar-refractivity contribution in [3.8, 4) is 0 Å². The fourth-order valence-electron chi connectivity index (χ4n) is 3.00.